The van der Waals surface area contributed by atoms with Gasteiger partial charge in [0.25, 0.3) is 0 Å². The van der Waals surface area contributed by atoms with Crippen LogP contribution >= 0.6 is 0 Å². The van der Waals surface area contributed by atoms with Crippen molar-refractivity contribution in [3.8, 4) is 0 Å². The van der Waals surface area contributed by atoms with Gasteiger partial charge in [0, 0.05) is 6.61 Å². The van der Waals surface area contributed by atoms with Crippen molar-refractivity contribution in [2.24, 2.45) is 0 Å². The van der Waals surface area contributed by atoms with Crippen LogP contribution in [0.3, 0.4) is 0 Å². The standard InChI is InChI=1S/C21H44O5/c1-2-3-4-5-8-11-14-20(24)21(25)15-12-9-6-7-10-13-16-26-18-19(23)17-22/h19-25H,2-18H2,1H3. The Morgan fingerprint density at radius 2 is 1.12 bits per heavy atom. The Kier molecular flexibility index (Phi) is 19.4. The van der Waals surface area contributed by atoms with Crippen molar-refractivity contribution in [3.63, 3.8) is 0 Å². The van der Waals surface area contributed by atoms with Gasteiger partial charge in [-0.2, -0.15) is 0 Å². The van der Waals surface area contributed by atoms with Crippen LogP contribution in [0.1, 0.15) is 96.8 Å². The second-order valence-electron chi connectivity index (χ2n) is 7.51. The molecule has 0 saturated heterocycles. The molecule has 5 heteroatoms. The Morgan fingerprint density at radius 3 is 1.62 bits per heavy atom. The lowest BCUT2D eigenvalue weighted by Gasteiger charge is -2.17. The summed E-state index contributed by atoms with van der Waals surface area (Å²) in [6.07, 6.45) is 13.2. The zero-order valence-corrected chi connectivity index (χ0v) is 16.9. The van der Waals surface area contributed by atoms with Gasteiger partial charge in [-0.25, -0.2) is 0 Å². The van der Waals surface area contributed by atoms with Gasteiger partial charge in [0.05, 0.1) is 25.4 Å². The monoisotopic (exact) mass is 376 g/mol. The van der Waals surface area contributed by atoms with Crippen molar-refractivity contribution >= 4 is 0 Å². The maximum absolute atomic E-state index is 10.0. The van der Waals surface area contributed by atoms with Crippen LogP contribution in [0.2, 0.25) is 0 Å². The van der Waals surface area contributed by atoms with E-state index in [0.717, 1.165) is 57.8 Å². The van der Waals surface area contributed by atoms with E-state index in [1.807, 2.05) is 0 Å². The van der Waals surface area contributed by atoms with E-state index in [1.165, 1.54) is 25.7 Å². The van der Waals surface area contributed by atoms with Crippen LogP contribution in [0.15, 0.2) is 0 Å². The zero-order chi connectivity index (χ0) is 19.5. The highest BCUT2D eigenvalue weighted by Gasteiger charge is 2.15. The van der Waals surface area contributed by atoms with Gasteiger partial charge in [-0.15, -0.1) is 0 Å². The molecule has 0 bridgehead atoms. The fourth-order valence-electron chi connectivity index (χ4n) is 3.06. The molecule has 4 N–H and O–H groups in total. The first kappa shape index (κ1) is 25.8. The van der Waals surface area contributed by atoms with Crippen molar-refractivity contribution in [3.05, 3.63) is 0 Å². The summed E-state index contributed by atoms with van der Waals surface area (Å²) in [5, 5.41) is 37.8. The van der Waals surface area contributed by atoms with E-state index in [9.17, 15) is 10.2 Å². The lowest BCUT2D eigenvalue weighted by molar-refractivity contribution is 0.00509. The molecule has 0 aromatic rings. The number of unbranched alkanes of at least 4 members (excludes halogenated alkanes) is 10. The molecule has 158 valence electrons. The number of aliphatic hydroxyl groups excluding tert-OH is 4. The third-order valence-electron chi connectivity index (χ3n) is 4.86. The van der Waals surface area contributed by atoms with Crippen LogP contribution < -0.4 is 0 Å². The summed E-state index contributed by atoms with van der Waals surface area (Å²) in [5.41, 5.74) is 0. The van der Waals surface area contributed by atoms with E-state index >= 15 is 0 Å². The molecule has 0 aromatic carbocycles. The Morgan fingerprint density at radius 1 is 0.654 bits per heavy atom. The van der Waals surface area contributed by atoms with Gasteiger partial charge < -0.3 is 25.2 Å². The summed E-state index contributed by atoms with van der Waals surface area (Å²) >= 11 is 0. The predicted molar refractivity (Wildman–Crippen MR) is 106 cm³/mol. The van der Waals surface area contributed by atoms with E-state index in [4.69, 9.17) is 14.9 Å². The quantitative estimate of drug-likeness (QED) is 0.244. The lowest BCUT2D eigenvalue weighted by Crippen LogP contribution is -2.25. The molecule has 0 aliphatic heterocycles. The molecule has 0 saturated carbocycles. The smallest absolute Gasteiger partial charge is 0.100 e. The molecule has 26 heavy (non-hydrogen) atoms. The molecule has 0 rings (SSSR count). The number of hydrogen-bond donors (Lipinski definition) is 4. The summed E-state index contributed by atoms with van der Waals surface area (Å²) in [6, 6.07) is 0. The predicted octanol–water partition coefficient (Wildman–Crippen LogP) is 3.56. The second kappa shape index (κ2) is 19.6. The average molecular weight is 377 g/mol. The molecule has 0 spiro atoms. The van der Waals surface area contributed by atoms with Crippen LogP contribution in [0, 0.1) is 0 Å². The molecule has 0 radical (unpaired) electrons. The van der Waals surface area contributed by atoms with Crippen molar-refractivity contribution in [1.82, 2.24) is 0 Å². The third kappa shape index (κ3) is 17.2. The highest BCUT2D eigenvalue weighted by atomic mass is 16.5. The minimum absolute atomic E-state index is 0.204. The van der Waals surface area contributed by atoms with Crippen LogP contribution in [-0.2, 0) is 4.74 Å². The molecule has 0 amide bonds. The highest BCUT2D eigenvalue weighted by Crippen LogP contribution is 2.15. The first-order valence-corrected chi connectivity index (χ1v) is 10.8. The average Bonchev–Trinajstić information content (AvgIpc) is 2.65. The third-order valence-corrected chi connectivity index (χ3v) is 4.86. The van der Waals surface area contributed by atoms with Crippen LogP contribution in [0.5, 0.6) is 0 Å². The second-order valence-corrected chi connectivity index (χ2v) is 7.51. The molecule has 5 nitrogen and oxygen atoms in total. The van der Waals surface area contributed by atoms with Gasteiger partial charge in [-0.05, 0) is 19.3 Å². The molecular formula is C21H44O5. The molecule has 3 atom stereocenters. The minimum Gasteiger partial charge on any atom is -0.394 e. The van der Waals surface area contributed by atoms with Gasteiger partial charge in [-0.3, -0.25) is 0 Å². The lowest BCUT2D eigenvalue weighted by atomic mass is 9.99. The van der Waals surface area contributed by atoms with Crippen molar-refractivity contribution in [1.29, 1.82) is 0 Å². The maximum Gasteiger partial charge on any atom is 0.100 e. The van der Waals surface area contributed by atoms with Gasteiger partial charge in [0.1, 0.15) is 6.10 Å². The van der Waals surface area contributed by atoms with E-state index in [0.29, 0.717) is 13.0 Å². The van der Waals surface area contributed by atoms with Gasteiger partial charge in [0.15, 0.2) is 0 Å². The summed E-state index contributed by atoms with van der Waals surface area (Å²) in [7, 11) is 0. The normalized spacial score (nSPS) is 15.1. The molecule has 0 aliphatic rings. The topological polar surface area (TPSA) is 90.2 Å². The summed E-state index contributed by atoms with van der Waals surface area (Å²) in [4.78, 5) is 0. The van der Waals surface area contributed by atoms with Crippen molar-refractivity contribution in [2.45, 2.75) is 115 Å². The zero-order valence-electron chi connectivity index (χ0n) is 16.9. The molecule has 0 heterocycles. The number of hydrogen-bond acceptors (Lipinski definition) is 5. The first-order chi connectivity index (χ1) is 12.6. The largest absolute Gasteiger partial charge is 0.394 e. The Hall–Kier alpha value is -0.200. The fraction of sp³-hybridized carbons (Fsp3) is 1.00. The number of rotatable bonds is 20. The first-order valence-electron chi connectivity index (χ1n) is 10.8. The minimum atomic E-state index is -0.766. The van der Waals surface area contributed by atoms with Gasteiger partial charge in [0.2, 0.25) is 0 Å². The van der Waals surface area contributed by atoms with Crippen molar-refractivity contribution < 1.29 is 25.2 Å². The molecule has 0 aromatic heterocycles. The van der Waals surface area contributed by atoms with Crippen LogP contribution in [0.25, 0.3) is 0 Å². The Labute approximate surface area is 160 Å². The Balaban J connectivity index is 3.33. The van der Waals surface area contributed by atoms with Gasteiger partial charge in [-0.1, -0.05) is 77.6 Å². The van der Waals surface area contributed by atoms with E-state index < -0.39 is 18.3 Å². The number of ether oxygens (including phenoxy) is 1. The number of aliphatic hydroxyl groups is 4. The maximum atomic E-state index is 10.0. The highest BCUT2D eigenvalue weighted by molar-refractivity contribution is 4.67. The van der Waals surface area contributed by atoms with Crippen LogP contribution in [0.4, 0.5) is 0 Å². The van der Waals surface area contributed by atoms with E-state index in [2.05, 4.69) is 6.92 Å². The molecule has 0 fully saturated rings. The summed E-state index contributed by atoms with van der Waals surface area (Å²) < 4.78 is 5.26. The molecular weight excluding hydrogens is 332 g/mol. The fourth-order valence-corrected chi connectivity index (χ4v) is 3.06. The Bertz CT molecular complexity index is 275. The SMILES string of the molecule is CCCCCCCCC(O)C(O)CCCCCCCCOCC(O)CO. The van der Waals surface area contributed by atoms with Crippen molar-refractivity contribution in [2.75, 3.05) is 19.8 Å². The van der Waals surface area contributed by atoms with E-state index in [-0.39, 0.29) is 13.2 Å². The van der Waals surface area contributed by atoms with Crippen LogP contribution in [-0.4, -0.2) is 58.6 Å². The molecule has 3 unspecified atom stereocenters. The summed E-state index contributed by atoms with van der Waals surface area (Å²) in [6.45, 7) is 2.79. The van der Waals surface area contributed by atoms with E-state index in [1.54, 1.807) is 0 Å². The summed E-state index contributed by atoms with van der Waals surface area (Å²) in [5.74, 6) is 0. The molecule has 0 aliphatic carbocycles. The van der Waals surface area contributed by atoms with Gasteiger partial charge >= 0.3 is 0 Å².